The summed E-state index contributed by atoms with van der Waals surface area (Å²) in [6.45, 7) is 2.49. The van der Waals surface area contributed by atoms with Gasteiger partial charge < -0.3 is 11.1 Å². The van der Waals surface area contributed by atoms with Gasteiger partial charge in [0.25, 0.3) is 0 Å². The van der Waals surface area contributed by atoms with Gasteiger partial charge in [-0.2, -0.15) is 0 Å². The minimum absolute atomic E-state index is 0.283. The van der Waals surface area contributed by atoms with Crippen LogP contribution in [0.1, 0.15) is 13.3 Å². The number of hydrogen-bond donors (Lipinski definition) is 2. The molecule has 0 atom stereocenters. The molecule has 0 aliphatic heterocycles. The molecular weight excluding hydrogens is 200 g/mol. The number of halogens is 1. The summed E-state index contributed by atoms with van der Waals surface area (Å²) in [5.74, 6) is 6.56. The standard InChI is InChI=1S/C9H11ClN4/c1-2-3-4-5-12-9-7(10)8(11)13-6-14-9/h6H,4-5H2,1H3,(H3,11,12,13,14). The Kier molecular flexibility index (Phi) is 4.02. The Morgan fingerprint density at radius 1 is 1.57 bits per heavy atom. The van der Waals surface area contributed by atoms with E-state index in [9.17, 15) is 0 Å². The largest absolute Gasteiger partial charge is 0.382 e. The summed E-state index contributed by atoms with van der Waals surface area (Å²) in [5, 5.41) is 3.38. The summed E-state index contributed by atoms with van der Waals surface area (Å²) >= 11 is 5.86. The molecule has 1 aromatic heterocycles. The van der Waals surface area contributed by atoms with Gasteiger partial charge in [0.05, 0.1) is 0 Å². The zero-order valence-corrected chi connectivity index (χ0v) is 8.60. The molecule has 14 heavy (non-hydrogen) atoms. The van der Waals surface area contributed by atoms with Crippen molar-refractivity contribution in [3.63, 3.8) is 0 Å². The average Bonchev–Trinajstić information content (AvgIpc) is 2.19. The molecule has 1 rings (SSSR count). The predicted octanol–water partition coefficient (Wildman–Crippen LogP) is 1.54. The third kappa shape index (κ3) is 2.79. The van der Waals surface area contributed by atoms with Crippen LogP contribution in [-0.4, -0.2) is 16.5 Å². The van der Waals surface area contributed by atoms with E-state index >= 15 is 0 Å². The molecular formula is C9H11ClN4. The van der Waals surface area contributed by atoms with Crippen molar-refractivity contribution < 1.29 is 0 Å². The maximum Gasteiger partial charge on any atom is 0.150 e. The molecule has 0 aliphatic carbocycles. The maximum absolute atomic E-state index is 5.86. The molecule has 1 heterocycles. The van der Waals surface area contributed by atoms with Gasteiger partial charge in [0, 0.05) is 13.0 Å². The fourth-order valence-corrected chi connectivity index (χ4v) is 1.04. The summed E-state index contributed by atoms with van der Waals surface area (Å²) in [6.07, 6.45) is 2.12. The van der Waals surface area contributed by atoms with E-state index in [1.54, 1.807) is 6.92 Å². The van der Waals surface area contributed by atoms with Crippen LogP contribution in [0.15, 0.2) is 6.33 Å². The molecule has 0 radical (unpaired) electrons. The van der Waals surface area contributed by atoms with Crippen LogP contribution < -0.4 is 11.1 Å². The van der Waals surface area contributed by atoms with E-state index < -0.39 is 0 Å². The molecule has 3 N–H and O–H groups in total. The Hall–Kier alpha value is -1.47. The second-order valence-corrected chi connectivity index (χ2v) is 2.90. The average molecular weight is 211 g/mol. The number of nitrogens with zero attached hydrogens (tertiary/aromatic N) is 2. The SMILES string of the molecule is CC#CCCNc1ncnc(N)c1Cl. The Morgan fingerprint density at radius 3 is 3.07 bits per heavy atom. The molecule has 1 aromatic rings. The van der Waals surface area contributed by atoms with Crippen LogP contribution in [0.2, 0.25) is 5.02 Å². The third-order valence-electron chi connectivity index (χ3n) is 1.54. The molecule has 0 aliphatic rings. The zero-order chi connectivity index (χ0) is 10.4. The number of rotatable bonds is 3. The van der Waals surface area contributed by atoms with Gasteiger partial charge in [-0.15, -0.1) is 11.8 Å². The van der Waals surface area contributed by atoms with Crippen molar-refractivity contribution in [2.45, 2.75) is 13.3 Å². The molecule has 0 saturated heterocycles. The van der Waals surface area contributed by atoms with Crippen LogP contribution in [-0.2, 0) is 0 Å². The number of hydrogen-bond acceptors (Lipinski definition) is 4. The monoisotopic (exact) mass is 210 g/mol. The summed E-state index contributed by atoms with van der Waals surface area (Å²) in [5.41, 5.74) is 5.50. The summed E-state index contributed by atoms with van der Waals surface area (Å²) < 4.78 is 0. The van der Waals surface area contributed by atoms with Crippen LogP contribution in [0.3, 0.4) is 0 Å². The summed E-state index contributed by atoms with van der Waals surface area (Å²) in [4.78, 5) is 7.70. The van der Waals surface area contributed by atoms with Crippen LogP contribution in [0.5, 0.6) is 0 Å². The fraction of sp³-hybridized carbons (Fsp3) is 0.333. The van der Waals surface area contributed by atoms with Crippen molar-refractivity contribution in [2.24, 2.45) is 0 Å². The normalized spacial score (nSPS) is 9.00. The molecule has 0 fully saturated rings. The lowest BCUT2D eigenvalue weighted by molar-refractivity contribution is 1.06. The molecule has 0 unspecified atom stereocenters. The number of aromatic nitrogens is 2. The Labute approximate surface area is 87.9 Å². The lowest BCUT2D eigenvalue weighted by Crippen LogP contribution is -2.05. The second kappa shape index (κ2) is 5.30. The molecule has 0 saturated carbocycles. The second-order valence-electron chi connectivity index (χ2n) is 2.53. The van der Waals surface area contributed by atoms with Gasteiger partial charge in [-0.05, 0) is 6.92 Å². The van der Waals surface area contributed by atoms with E-state index in [1.807, 2.05) is 0 Å². The third-order valence-corrected chi connectivity index (χ3v) is 1.91. The topological polar surface area (TPSA) is 63.8 Å². The molecule has 0 amide bonds. The quantitative estimate of drug-likeness (QED) is 0.587. The zero-order valence-electron chi connectivity index (χ0n) is 7.84. The van der Waals surface area contributed by atoms with Gasteiger partial charge >= 0.3 is 0 Å². The van der Waals surface area contributed by atoms with Crippen LogP contribution in [0.4, 0.5) is 11.6 Å². The maximum atomic E-state index is 5.86. The van der Waals surface area contributed by atoms with Gasteiger partial charge in [0.2, 0.25) is 0 Å². The van der Waals surface area contributed by atoms with Gasteiger partial charge in [-0.3, -0.25) is 0 Å². The fourth-order valence-electron chi connectivity index (χ4n) is 0.875. The lowest BCUT2D eigenvalue weighted by Gasteiger charge is -2.05. The van der Waals surface area contributed by atoms with E-state index in [4.69, 9.17) is 17.3 Å². The summed E-state index contributed by atoms with van der Waals surface area (Å²) in [6, 6.07) is 0. The van der Waals surface area contributed by atoms with Gasteiger partial charge in [-0.25, -0.2) is 9.97 Å². The van der Waals surface area contributed by atoms with Crippen LogP contribution in [0.25, 0.3) is 0 Å². The van der Waals surface area contributed by atoms with E-state index in [-0.39, 0.29) is 5.82 Å². The Balaban J connectivity index is 2.57. The number of nitrogen functional groups attached to an aromatic ring is 1. The van der Waals surface area contributed by atoms with E-state index in [0.717, 1.165) is 6.42 Å². The summed E-state index contributed by atoms with van der Waals surface area (Å²) in [7, 11) is 0. The van der Waals surface area contributed by atoms with Crippen LogP contribution >= 0.6 is 11.6 Å². The Bertz CT molecular complexity index is 367. The van der Waals surface area contributed by atoms with Crippen LogP contribution in [0, 0.1) is 11.8 Å². The smallest absolute Gasteiger partial charge is 0.150 e. The molecule has 74 valence electrons. The van der Waals surface area contributed by atoms with E-state index in [1.165, 1.54) is 6.33 Å². The molecule has 4 nitrogen and oxygen atoms in total. The van der Waals surface area contributed by atoms with Crippen molar-refractivity contribution in [3.8, 4) is 11.8 Å². The highest BCUT2D eigenvalue weighted by molar-refractivity contribution is 6.35. The van der Waals surface area contributed by atoms with Crippen molar-refractivity contribution >= 4 is 23.2 Å². The van der Waals surface area contributed by atoms with E-state index in [0.29, 0.717) is 17.4 Å². The highest BCUT2D eigenvalue weighted by Gasteiger charge is 2.04. The number of nitrogens with two attached hydrogens (primary N) is 1. The highest BCUT2D eigenvalue weighted by Crippen LogP contribution is 2.22. The van der Waals surface area contributed by atoms with Crippen molar-refractivity contribution in [2.75, 3.05) is 17.6 Å². The molecule has 5 heteroatoms. The minimum atomic E-state index is 0.283. The number of anilines is 2. The first kappa shape index (κ1) is 10.6. The van der Waals surface area contributed by atoms with Crippen molar-refractivity contribution in [1.29, 1.82) is 0 Å². The van der Waals surface area contributed by atoms with Gasteiger partial charge in [0.15, 0.2) is 0 Å². The Morgan fingerprint density at radius 2 is 2.36 bits per heavy atom. The van der Waals surface area contributed by atoms with Gasteiger partial charge in [0.1, 0.15) is 23.0 Å². The molecule has 0 aromatic carbocycles. The predicted molar refractivity (Wildman–Crippen MR) is 58.0 cm³/mol. The number of nitrogens with one attached hydrogen (secondary N) is 1. The van der Waals surface area contributed by atoms with Crippen molar-refractivity contribution in [1.82, 2.24) is 9.97 Å². The highest BCUT2D eigenvalue weighted by atomic mass is 35.5. The molecule has 0 spiro atoms. The van der Waals surface area contributed by atoms with Gasteiger partial charge in [-0.1, -0.05) is 11.6 Å². The first-order valence-corrected chi connectivity index (χ1v) is 4.53. The lowest BCUT2D eigenvalue weighted by atomic mass is 10.4. The molecule has 0 bridgehead atoms. The van der Waals surface area contributed by atoms with E-state index in [2.05, 4.69) is 27.1 Å². The minimum Gasteiger partial charge on any atom is -0.382 e. The first-order chi connectivity index (χ1) is 6.75. The van der Waals surface area contributed by atoms with Crippen molar-refractivity contribution in [3.05, 3.63) is 11.3 Å². The first-order valence-electron chi connectivity index (χ1n) is 4.15.